The lowest BCUT2D eigenvalue weighted by Gasteiger charge is -2.10. The second kappa shape index (κ2) is 4.55. The van der Waals surface area contributed by atoms with E-state index in [0.29, 0.717) is 6.42 Å². The van der Waals surface area contributed by atoms with Gasteiger partial charge in [0.1, 0.15) is 0 Å². The SMILES string of the molecule is CC(O)Cc1cc(C(=O)O)cc2ccccc12. The van der Waals surface area contributed by atoms with E-state index in [1.54, 1.807) is 19.1 Å². The van der Waals surface area contributed by atoms with E-state index in [1.807, 2.05) is 24.3 Å². The summed E-state index contributed by atoms with van der Waals surface area (Å²) in [5.74, 6) is -0.942. The molecule has 0 saturated carbocycles. The molecule has 2 aromatic carbocycles. The van der Waals surface area contributed by atoms with Crippen molar-refractivity contribution in [1.29, 1.82) is 0 Å². The van der Waals surface area contributed by atoms with Crippen LogP contribution in [0.5, 0.6) is 0 Å². The Labute approximate surface area is 99.3 Å². The summed E-state index contributed by atoms with van der Waals surface area (Å²) in [7, 11) is 0. The van der Waals surface area contributed by atoms with Crippen molar-refractivity contribution in [3.8, 4) is 0 Å². The molecule has 0 aromatic heterocycles. The number of hydrogen-bond donors (Lipinski definition) is 2. The van der Waals surface area contributed by atoms with E-state index in [2.05, 4.69) is 0 Å². The van der Waals surface area contributed by atoms with Gasteiger partial charge >= 0.3 is 5.97 Å². The standard InChI is InChI=1S/C14H14O3/c1-9(15)6-11-8-12(14(16)17)7-10-4-2-3-5-13(10)11/h2-5,7-9,15H,6H2,1H3,(H,16,17). The zero-order valence-corrected chi connectivity index (χ0v) is 9.55. The molecular formula is C14H14O3. The number of aliphatic hydroxyl groups is 1. The maximum Gasteiger partial charge on any atom is 0.335 e. The van der Waals surface area contributed by atoms with Gasteiger partial charge in [-0.15, -0.1) is 0 Å². The third-order valence-corrected chi connectivity index (χ3v) is 2.71. The van der Waals surface area contributed by atoms with Crippen LogP contribution in [0.25, 0.3) is 10.8 Å². The van der Waals surface area contributed by atoms with Gasteiger partial charge in [0, 0.05) is 0 Å². The fraction of sp³-hybridized carbons (Fsp3) is 0.214. The second-order valence-electron chi connectivity index (χ2n) is 4.21. The van der Waals surface area contributed by atoms with Gasteiger partial charge < -0.3 is 10.2 Å². The number of carboxylic acids is 1. The maximum atomic E-state index is 11.0. The summed E-state index contributed by atoms with van der Waals surface area (Å²) in [6.07, 6.45) is -0.0239. The molecule has 2 N–H and O–H groups in total. The first-order valence-electron chi connectivity index (χ1n) is 5.51. The van der Waals surface area contributed by atoms with Crippen molar-refractivity contribution in [3.05, 3.63) is 47.5 Å². The molecule has 3 nitrogen and oxygen atoms in total. The van der Waals surface area contributed by atoms with E-state index in [9.17, 15) is 9.90 Å². The van der Waals surface area contributed by atoms with E-state index in [1.165, 1.54) is 0 Å². The molecule has 2 rings (SSSR count). The molecule has 0 bridgehead atoms. The Kier molecular flexibility index (Phi) is 3.11. The molecule has 0 radical (unpaired) electrons. The predicted molar refractivity (Wildman–Crippen MR) is 66.3 cm³/mol. The molecule has 0 spiro atoms. The molecule has 1 unspecified atom stereocenters. The zero-order chi connectivity index (χ0) is 12.4. The van der Waals surface area contributed by atoms with Gasteiger partial charge in [-0.1, -0.05) is 24.3 Å². The fourth-order valence-corrected chi connectivity index (χ4v) is 2.00. The summed E-state index contributed by atoms with van der Waals surface area (Å²) in [4.78, 5) is 11.0. The monoisotopic (exact) mass is 230 g/mol. The highest BCUT2D eigenvalue weighted by Gasteiger charge is 2.10. The van der Waals surface area contributed by atoms with Crippen molar-refractivity contribution in [2.75, 3.05) is 0 Å². The van der Waals surface area contributed by atoms with Crippen LogP contribution in [0.3, 0.4) is 0 Å². The number of aromatic carboxylic acids is 1. The molecule has 0 amide bonds. The van der Waals surface area contributed by atoms with Crippen molar-refractivity contribution in [2.24, 2.45) is 0 Å². The predicted octanol–water partition coefficient (Wildman–Crippen LogP) is 2.46. The summed E-state index contributed by atoms with van der Waals surface area (Å²) in [5.41, 5.74) is 1.13. The van der Waals surface area contributed by atoms with Crippen LogP contribution in [0.15, 0.2) is 36.4 Å². The van der Waals surface area contributed by atoms with E-state index in [4.69, 9.17) is 5.11 Å². The lowest BCUT2D eigenvalue weighted by Crippen LogP contribution is -2.06. The lowest BCUT2D eigenvalue weighted by molar-refractivity contribution is 0.0696. The first kappa shape index (κ1) is 11.6. The molecule has 0 aliphatic rings. The molecule has 0 fully saturated rings. The van der Waals surface area contributed by atoms with Gasteiger partial charge in [0.25, 0.3) is 0 Å². The first-order chi connectivity index (χ1) is 8.08. The van der Waals surface area contributed by atoms with Crippen LogP contribution in [0.1, 0.15) is 22.8 Å². The Morgan fingerprint density at radius 1 is 1.29 bits per heavy atom. The van der Waals surface area contributed by atoms with E-state index in [-0.39, 0.29) is 5.56 Å². The van der Waals surface area contributed by atoms with Crippen LogP contribution in [0, 0.1) is 0 Å². The Hall–Kier alpha value is -1.87. The fourth-order valence-electron chi connectivity index (χ4n) is 2.00. The molecule has 1 atom stereocenters. The van der Waals surface area contributed by atoms with Crippen LogP contribution < -0.4 is 0 Å². The van der Waals surface area contributed by atoms with Crippen molar-refractivity contribution < 1.29 is 15.0 Å². The normalized spacial score (nSPS) is 12.6. The average molecular weight is 230 g/mol. The zero-order valence-electron chi connectivity index (χ0n) is 9.55. The van der Waals surface area contributed by atoms with Crippen molar-refractivity contribution in [3.63, 3.8) is 0 Å². The van der Waals surface area contributed by atoms with Gasteiger partial charge in [-0.25, -0.2) is 4.79 Å². The third-order valence-electron chi connectivity index (χ3n) is 2.71. The van der Waals surface area contributed by atoms with E-state index < -0.39 is 12.1 Å². The molecule has 3 heteroatoms. The van der Waals surface area contributed by atoms with Crippen molar-refractivity contribution in [2.45, 2.75) is 19.4 Å². The number of aliphatic hydroxyl groups excluding tert-OH is 1. The Bertz CT molecular complexity index is 558. The largest absolute Gasteiger partial charge is 0.478 e. The number of carbonyl (C=O) groups is 1. The Morgan fingerprint density at radius 2 is 2.00 bits per heavy atom. The van der Waals surface area contributed by atoms with Gasteiger partial charge in [0.05, 0.1) is 11.7 Å². The minimum Gasteiger partial charge on any atom is -0.478 e. The third kappa shape index (κ3) is 2.45. The number of rotatable bonds is 3. The minimum absolute atomic E-state index is 0.263. The van der Waals surface area contributed by atoms with Gasteiger partial charge in [0.15, 0.2) is 0 Å². The van der Waals surface area contributed by atoms with Gasteiger partial charge in [-0.2, -0.15) is 0 Å². The van der Waals surface area contributed by atoms with Crippen LogP contribution in [-0.4, -0.2) is 22.3 Å². The molecule has 0 aliphatic heterocycles. The smallest absolute Gasteiger partial charge is 0.335 e. The second-order valence-corrected chi connectivity index (χ2v) is 4.21. The minimum atomic E-state index is -0.942. The highest BCUT2D eigenvalue weighted by molar-refractivity contribution is 5.96. The molecule has 0 saturated heterocycles. The summed E-state index contributed by atoms with van der Waals surface area (Å²) >= 11 is 0. The highest BCUT2D eigenvalue weighted by Crippen LogP contribution is 2.22. The average Bonchev–Trinajstić information content (AvgIpc) is 2.28. The van der Waals surface area contributed by atoms with E-state index in [0.717, 1.165) is 16.3 Å². The van der Waals surface area contributed by atoms with Crippen LogP contribution in [0.4, 0.5) is 0 Å². The van der Waals surface area contributed by atoms with Crippen LogP contribution in [-0.2, 0) is 6.42 Å². The van der Waals surface area contributed by atoms with Crippen molar-refractivity contribution >= 4 is 16.7 Å². The molecular weight excluding hydrogens is 216 g/mol. The molecule has 0 aliphatic carbocycles. The van der Waals surface area contributed by atoms with Crippen LogP contribution in [0.2, 0.25) is 0 Å². The summed E-state index contributed by atoms with van der Waals surface area (Å²) in [6.45, 7) is 1.70. The number of carboxylic acid groups (broad SMARTS) is 1. The number of fused-ring (bicyclic) bond motifs is 1. The molecule has 2 aromatic rings. The topological polar surface area (TPSA) is 57.5 Å². The van der Waals surface area contributed by atoms with Gasteiger partial charge in [0.2, 0.25) is 0 Å². The van der Waals surface area contributed by atoms with E-state index >= 15 is 0 Å². The van der Waals surface area contributed by atoms with Crippen LogP contribution >= 0.6 is 0 Å². The lowest BCUT2D eigenvalue weighted by atomic mass is 9.97. The van der Waals surface area contributed by atoms with Gasteiger partial charge in [-0.05, 0) is 41.8 Å². The molecule has 88 valence electrons. The Balaban J connectivity index is 2.64. The quantitative estimate of drug-likeness (QED) is 0.851. The summed E-state index contributed by atoms with van der Waals surface area (Å²) in [5, 5.41) is 20.4. The highest BCUT2D eigenvalue weighted by atomic mass is 16.4. The molecule has 0 heterocycles. The number of benzene rings is 2. The van der Waals surface area contributed by atoms with Gasteiger partial charge in [-0.3, -0.25) is 0 Å². The summed E-state index contributed by atoms with van der Waals surface area (Å²) < 4.78 is 0. The molecule has 17 heavy (non-hydrogen) atoms. The Morgan fingerprint density at radius 3 is 2.65 bits per heavy atom. The number of hydrogen-bond acceptors (Lipinski definition) is 2. The maximum absolute atomic E-state index is 11.0. The summed E-state index contributed by atoms with van der Waals surface area (Å²) in [6, 6.07) is 10.9. The first-order valence-corrected chi connectivity index (χ1v) is 5.51. The van der Waals surface area contributed by atoms with Crippen molar-refractivity contribution in [1.82, 2.24) is 0 Å².